The van der Waals surface area contributed by atoms with Gasteiger partial charge in [-0.15, -0.1) is 0 Å². The number of fused-ring (bicyclic) bond motifs is 1. The van der Waals surface area contributed by atoms with Gasteiger partial charge in [0, 0.05) is 16.0 Å². The smallest absolute Gasteiger partial charge is 0.152 e. The summed E-state index contributed by atoms with van der Waals surface area (Å²) in [5.41, 5.74) is 0.943. The van der Waals surface area contributed by atoms with E-state index in [1.165, 1.54) is 6.07 Å². The summed E-state index contributed by atoms with van der Waals surface area (Å²) in [6, 6.07) is 11.4. The van der Waals surface area contributed by atoms with Gasteiger partial charge in [-0.1, -0.05) is 41.4 Å². The zero-order chi connectivity index (χ0) is 15.0. The summed E-state index contributed by atoms with van der Waals surface area (Å²) >= 11 is 12.2. The Morgan fingerprint density at radius 2 is 1.81 bits per heavy atom. The number of halogens is 3. The van der Waals surface area contributed by atoms with Crippen molar-refractivity contribution in [2.45, 2.75) is 6.04 Å². The van der Waals surface area contributed by atoms with Gasteiger partial charge in [0.1, 0.15) is 11.6 Å². The highest BCUT2D eigenvalue weighted by atomic mass is 35.5. The molecule has 3 rings (SSSR count). The minimum atomic E-state index is -0.484. The Kier molecular flexibility index (Phi) is 3.89. The summed E-state index contributed by atoms with van der Waals surface area (Å²) in [6.45, 7) is 0. The molecule has 5 heteroatoms. The first-order chi connectivity index (χ1) is 10.1. The number of benzene rings is 2. The minimum absolute atomic E-state index is 0.348. The quantitative estimate of drug-likeness (QED) is 0.717. The first kappa shape index (κ1) is 14.4. The Morgan fingerprint density at radius 3 is 2.48 bits per heavy atom. The predicted molar refractivity (Wildman–Crippen MR) is 83.5 cm³/mol. The van der Waals surface area contributed by atoms with Gasteiger partial charge >= 0.3 is 0 Å². The Balaban J connectivity index is 2.16. The van der Waals surface area contributed by atoms with Gasteiger partial charge in [0.05, 0.1) is 11.1 Å². The molecule has 0 aliphatic rings. The SMILES string of the molecule is CNC(c1cc2cccc(Cl)c2o1)c1c(F)cccc1Cl. The van der Waals surface area contributed by atoms with Crippen LogP contribution in [0.2, 0.25) is 10.0 Å². The maximum absolute atomic E-state index is 14.1. The normalized spacial score (nSPS) is 12.8. The van der Waals surface area contributed by atoms with Crippen molar-refractivity contribution in [2.24, 2.45) is 0 Å². The van der Waals surface area contributed by atoms with Gasteiger partial charge in [-0.25, -0.2) is 4.39 Å². The van der Waals surface area contributed by atoms with Gasteiger partial charge in [0.2, 0.25) is 0 Å². The molecule has 2 nitrogen and oxygen atoms in total. The molecule has 1 aromatic heterocycles. The van der Waals surface area contributed by atoms with Crippen LogP contribution in [-0.2, 0) is 0 Å². The maximum Gasteiger partial charge on any atom is 0.152 e. The second-order valence-electron chi connectivity index (χ2n) is 4.66. The average molecular weight is 324 g/mol. The molecule has 1 heterocycles. The van der Waals surface area contributed by atoms with Crippen LogP contribution < -0.4 is 5.32 Å². The van der Waals surface area contributed by atoms with Crippen molar-refractivity contribution in [1.29, 1.82) is 0 Å². The lowest BCUT2D eigenvalue weighted by Gasteiger charge is -2.16. The van der Waals surface area contributed by atoms with E-state index in [-0.39, 0.29) is 5.82 Å². The summed E-state index contributed by atoms with van der Waals surface area (Å²) < 4.78 is 19.9. The third-order valence-electron chi connectivity index (χ3n) is 3.38. The van der Waals surface area contributed by atoms with Gasteiger partial charge < -0.3 is 9.73 Å². The van der Waals surface area contributed by atoms with Crippen molar-refractivity contribution in [3.63, 3.8) is 0 Å². The van der Waals surface area contributed by atoms with Crippen LogP contribution in [0.15, 0.2) is 46.9 Å². The van der Waals surface area contributed by atoms with Crippen LogP contribution in [-0.4, -0.2) is 7.05 Å². The second-order valence-corrected chi connectivity index (χ2v) is 5.48. The van der Waals surface area contributed by atoms with E-state index < -0.39 is 6.04 Å². The Morgan fingerprint density at radius 1 is 1.10 bits per heavy atom. The molecule has 0 spiro atoms. The molecule has 0 aliphatic carbocycles. The first-order valence-corrected chi connectivity index (χ1v) is 7.16. The number of rotatable bonds is 3. The van der Waals surface area contributed by atoms with Crippen LogP contribution >= 0.6 is 23.2 Å². The molecule has 108 valence electrons. The molecule has 21 heavy (non-hydrogen) atoms. The lowest BCUT2D eigenvalue weighted by atomic mass is 10.0. The molecular formula is C16H12Cl2FNO. The monoisotopic (exact) mass is 323 g/mol. The van der Waals surface area contributed by atoms with Crippen LogP contribution in [0.1, 0.15) is 17.4 Å². The summed E-state index contributed by atoms with van der Waals surface area (Å²) in [5.74, 6) is 0.181. The fraction of sp³-hybridized carbons (Fsp3) is 0.125. The molecule has 0 amide bonds. The molecule has 1 N–H and O–H groups in total. The fourth-order valence-electron chi connectivity index (χ4n) is 2.41. The van der Waals surface area contributed by atoms with E-state index >= 15 is 0 Å². The van der Waals surface area contributed by atoms with Crippen molar-refractivity contribution < 1.29 is 8.81 Å². The van der Waals surface area contributed by atoms with Crippen molar-refractivity contribution in [1.82, 2.24) is 5.32 Å². The number of para-hydroxylation sites is 1. The molecule has 0 fully saturated rings. The number of furan rings is 1. The van der Waals surface area contributed by atoms with E-state index in [1.807, 2.05) is 18.2 Å². The third-order valence-corrected chi connectivity index (χ3v) is 4.00. The lowest BCUT2D eigenvalue weighted by Crippen LogP contribution is -2.18. The average Bonchev–Trinajstić information content (AvgIpc) is 2.88. The standard InChI is InChI=1S/C16H12Cl2FNO/c1-20-15(14-10(17)5-3-7-12(14)19)13-8-9-4-2-6-11(18)16(9)21-13/h2-8,15,20H,1H3. The largest absolute Gasteiger partial charge is 0.457 e. The number of nitrogens with one attached hydrogen (secondary N) is 1. The highest BCUT2D eigenvalue weighted by molar-refractivity contribution is 6.34. The zero-order valence-corrected chi connectivity index (χ0v) is 12.7. The summed E-state index contributed by atoms with van der Waals surface area (Å²) in [4.78, 5) is 0. The molecular weight excluding hydrogens is 312 g/mol. The van der Waals surface area contributed by atoms with Crippen LogP contribution in [0, 0.1) is 5.82 Å². The summed E-state index contributed by atoms with van der Waals surface area (Å²) in [7, 11) is 1.72. The van der Waals surface area contributed by atoms with Gasteiger partial charge in [-0.05, 0) is 31.3 Å². The van der Waals surface area contributed by atoms with Crippen LogP contribution in [0.4, 0.5) is 4.39 Å². The minimum Gasteiger partial charge on any atom is -0.457 e. The first-order valence-electron chi connectivity index (χ1n) is 6.41. The molecule has 0 bridgehead atoms. The van der Waals surface area contributed by atoms with E-state index in [1.54, 1.807) is 25.2 Å². The highest BCUT2D eigenvalue weighted by Crippen LogP contribution is 2.35. The van der Waals surface area contributed by atoms with E-state index in [4.69, 9.17) is 27.6 Å². The second kappa shape index (κ2) is 5.68. The summed E-state index contributed by atoms with van der Waals surface area (Å²) in [6.07, 6.45) is 0. The van der Waals surface area contributed by atoms with Gasteiger partial charge in [-0.3, -0.25) is 0 Å². The molecule has 0 saturated carbocycles. The van der Waals surface area contributed by atoms with Crippen molar-refractivity contribution in [2.75, 3.05) is 7.05 Å². The Labute approximate surface area is 131 Å². The fourth-order valence-corrected chi connectivity index (χ4v) is 2.90. The molecule has 3 aromatic rings. The predicted octanol–water partition coefficient (Wildman–Crippen LogP) is 5.19. The van der Waals surface area contributed by atoms with Crippen molar-refractivity contribution >= 4 is 34.2 Å². The lowest BCUT2D eigenvalue weighted by molar-refractivity contribution is 0.476. The Bertz CT molecular complexity index is 780. The van der Waals surface area contributed by atoms with Crippen LogP contribution in [0.3, 0.4) is 0 Å². The van der Waals surface area contributed by atoms with Crippen molar-refractivity contribution in [3.05, 3.63) is 69.7 Å². The van der Waals surface area contributed by atoms with Gasteiger partial charge in [-0.2, -0.15) is 0 Å². The van der Waals surface area contributed by atoms with Crippen molar-refractivity contribution in [3.8, 4) is 0 Å². The van der Waals surface area contributed by atoms with Gasteiger partial charge in [0.15, 0.2) is 5.58 Å². The molecule has 1 unspecified atom stereocenters. The topological polar surface area (TPSA) is 25.2 Å². The number of hydrogen-bond donors (Lipinski definition) is 1. The van der Waals surface area contributed by atoms with Crippen LogP contribution in [0.25, 0.3) is 11.0 Å². The molecule has 0 saturated heterocycles. The molecule has 1 atom stereocenters. The molecule has 2 aromatic carbocycles. The Hall–Kier alpha value is -1.55. The van der Waals surface area contributed by atoms with E-state index in [0.717, 1.165) is 5.39 Å². The maximum atomic E-state index is 14.1. The van der Waals surface area contributed by atoms with E-state index in [0.29, 0.717) is 27.0 Å². The molecule has 0 radical (unpaired) electrons. The highest BCUT2D eigenvalue weighted by Gasteiger charge is 2.23. The summed E-state index contributed by atoms with van der Waals surface area (Å²) in [5, 5.41) is 4.77. The van der Waals surface area contributed by atoms with E-state index in [9.17, 15) is 4.39 Å². The third kappa shape index (κ3) is 2.53. The van der Waals surface area contributed by atoms with E-state index in [2.05, 4.69) is 5.32 Å². The van der Waals surface area contributed by atoms with Gasteiger partial charge in [0.25, 0.3) is 0 Å². The molecule has 0 aliphatic heterocycles. The number of hydrogen-bond acceptors (Lipinski definition) is 2. The van der Waals surface area contributed by atoms with Crippen LogP contribution in [0.5, 0.6) is 0 Å². The zero-order valence-electron chi connectivity index (χ0n) is 11.2.